The van der Waals surface area contributed by atoms with Gasteiger partial charge in [-0.1, -0.05) is 19.8 Å². The second-order valence-electron chi connectivity index (χ2n) is 6.30. The molecule has 2 saturated carbocycles. The van der Waals surface area contributed by atoms with Gasteiger partial charge in [0.05, 0.1) is 12.1 Å². The topological polar surface area (TPSA) is 70.1 Å². The van der Waals surface area contributed by atoms with E-state index in [1.807, 2.05) is 6.07 Å². The Kier molecular flexibility index (Phi) is 4.58. The molecule has 5 nitrogen and oxygen atoms in total. The second-order valence-corrected chi connectivity index (χ2v) is 6.30. The lowest BCUT2D eigenvalue weighted by atomic mass is 9.92. The van der Waals surface area contributed by atoms with E-state index in [2.05, 4.69) is 27.5 Å². The van der Waals surface area contributed by atoms with E-state index in [9.17, 15) is 5.11 Å². The molecule has 0 aliphatic heterocycles. The summed E-state index contributed by atoms with van der Waals surface area (Å²) in [5, 5.41) is 16.9. The summed E-state index contributed by atoms with van der Waals surface area (Å²) >= 11 is 0. The maximum absolute atomic E-state index is 10.1. The number of rotatable bonds is 6. The summed E-state index contributed by atoms with van der Waals surface area (Å²) in [6.45, 7) is 3.07. The summed E-state index contributed by atoms with van der Waals surface area (Å²) in [5.74, 6) is 3.24. The lowest BCUT2D eigenvalue weighted by Crippen LogP contribution is -2.36. The first kappa shape index (κ1) is 14.6. The molecule has 1 aromatic heterocycles. The van der Waals surface area contributed by atoms with Gasteiger partial charge >= 0.3 is 0 Å². The summed E-state index contributed by atoms with van der Waals surface area (Å²) in [7, 11) is 0. The van der Waals surface area contributed by atoms with Crippen LogP contribution in [-0.2, 0) is 0 Å². The van der Waals surface area contributed by atoms with Gasteiger partial charge in [-0.3, -0.25) is 0 Å². The molecule has 3 N–H and O–H groups in total. The van der Waals surface area contributed by atoms with Gasteiger partial charge in [-0.15, -0.1) is 0 Å². The summed E-state index contributed by atoms with van der Waals surface area (Å²) in [4.78, 5) is 9.28. The Bertz CT molecular complexity index is 475. The Hall–Kier alpha value is -1.36. The van der Waals surface area contributed by atoms with Crippen LogP contribution in [-0.4, -0.2) is 33.8 Å². The Morgan fingerprint density at radius 3 is 2.62 bits per heavy atom. The van der Waals surface area contributed by atoms with Gasteiger partial charge in [-0.05, 0) is 32.1 Å². The number of hydrogen-bond acceptors (Lipinski definition) is 5. The molecule has 0 spiro atoms. The fourth-order valence-corrected chi connectivity index (χ4v) is 2.88. The minimum Gasteiger partial charge on any atom is -0.391 e. The van der Waals surface area contributed by atoms with Crippen molar-refractivity contribution in [2.75, 3.05) is 17.2 Å². The molecule has 0 bridgehead atoms. The molecule has 2 fully saturated rings. The number of hydrogen-bond donors (Lipinski definition) is 3. The summed E-state index contributed by atoms with van der Waals surface area (Å²) < 4.78 is 0. The highest BCUT2D eigenvalue weighted by Gasteiger charge is 2.28. The highest BCUT2D eigenvalue weighted by atomic mass is 16.3. The Labute approximate surface area is 126 Å². The van der Waals surface area contributed by atoms with Crippen LogP contribution >= 0.6 is 0 Å². The van der Waals surface area contributed by atoms with Crippen molar-refractivity contribution in [2.45, 2.75) is 69.9 Å². The van der Waals surface area contributed by atoms with Gasteiger partial charge < -0.3 is 15.7 Å². The van der Waals surface area contributed by atoms with Crippen LogP contribution in [0.5, 0.6) is 0 Å². The molecule has 21 heavy (non-hydrogen) atoms. The molecule has 0 aromatic carbocycles. The van der Waals surface area contributed by atoms with Crippen LogP contribution in [0.4, 0.5) is 11.6 Å². The van der Waals surface area contributed by atoms with Crippen molar-refractivity contribution in [1.82, 2.24) is 9.97 Å². The van der Waals surface area contributed by atoms with Gasteiger partial charge in [0.1, 0.15) is 17.5 Å². The van der Waals surface area contributed by atoms with Gasteiger partial charge in [-0.2, -0.15) is 0 Å². The Balaban J connectivity index is 1.74. The number of aliphatic hydroxyl groups excluding tert-OH is 1. The summed E-state index contributed by atoms with van der Waals surface area (Å²) in [6.07, 6.45) is 7.42. The van der Waals surface area contributed by atoms with E-state index in [0.29, 0.717) is 5.92 Å². The molecule has 116 valence electrons. The molecule has 1 heterocycles. The van der Waals surface area contributed by atoms with Crippen LogP contribution in [0, 0.1) is 0 Å². The molecular weight excluding hydrogens is 264 g/mol. The number of anilines is 2. The molecular formula is C16H26N4O. The third-order valence-corrected chi connectivity index (χ3v) is 4.30. The van der Waals surface area contributed by atoms with Crippen molar-refractivity contribution < 1.29 is 5.11 Å². The molecule has 2 aliphatic rings. The van der Waals surface area contributed by atoms with Crippen LogP contribution in [0.1, 0.15) is 63.6 Å². The van der Waals surface area contributed by atoms with E-state index in [1.54, 1.807) is 0 Å². The van der Waals surface area contributed by atoms with Crippen molar-refractivity contribution in [3.63, 3.8) is 0 Å². The first-order valence-corrected chi connectivity index (χ1v) is 8.33. The number of nitrogens with one attached hydrogen (secondary N) is 2. The smallest absolute Gasteiger partial charge is 0.136 e. The van der Waals surface area contributed by atoms with Crippen molar-refractivity contribution >= 4 is 11.6 Å². The Morgan fingerprint density at radius 1 is 1.14 bits per heavy atom. The fraction of sp³-hybridized carbons (Fsp3) is 0.750. The van der Waals surface area contributed by atoms with Gasteiger partial charge in [0.15, 0.2) is 0 Å². The van der Waals surface area contributed by atoms with Crippen LogP contribution in [0.25, 0.3) is 0 Å². The van der Waals surface area contributed by atoms with Crippen molar-refractivity contribution in [3.8, 4) is 0 Å². The van der Waals surface area contributed by atoms with Crippen LogP contribution in [0.3, 0.4) is 0 Å². The predicted molar refractivity (Wildman–Crippen MR) is 84.7 cm³/mol. The van der Waals surface area contributed by atoms with E-state index < -0.39 is 0 Å². The summed E-state index contributed by atoms with van der Waals surface area (Å²) in [5.41, 5.74) is 0. The standard InChI is InChI=1S/C16H26N4O/c1-2-9-17-14-10-15(20-16(19-14)11-7-8-11)18-12-5-3-4-6-13(12)21/h10-13,21H,2-9H2,1H3,(H2,17,18,19,20). The van der Waals surface area contributed by atoms with E-state index in [1.165, 1.54) is 19.3 Å². The van der Waals surface area contributed by atoms with Gasteiger partial charge in [0, 0.05) is 18.5 Å². The highest BCUT2D eigenvalue weighted by Crippen LogP contribution is 2.39. The zero-order valence-corrected chi connectivity index (χ0v) is 12.8. The number of aliphatic hydroxyl groups is 1. The normalized spacial score (nSPS) is 25.6. The van der Waals surface area contributed by atoms with Gasteiger partial charge in [0.25, 0.3) is 0 Å². The van der Waals surface area contributed by atoms with Crippen LogP contribution in [0.15, 0.2) is 6.07 Å². The van der Waals surface area contributed by atoms with Crippen LogP contribution < -0.4 is 10.6 Å². The maximum atomic E-state index is 10.1. The van der Waals surface area contributed by atoms with E-state index in [0.717, 1.165) is 49.7 Å². The van der Waals surface area contributed by atoms with Gasteiger partial charge in [-0.25, -0.2) is 9.97 Å². The Morgan fingerprint density at radius 2 is 1.90 bits per heavy atom. The fourth-order valence-electron chi connectivity index (χ4n) is 2.88. The molecule has 3 rings (SSSR count). The first-order chi connectivity index (χ1) is 10.3. The third kappa shape index (κ3) is 3.84. The zero-order valence-electron chi connectivity index (χ0n) is 12.8. The van der Waals surface area contributed by atoms with Gasteiger partial charge in [0.2, 0.25) is 0 Å². The van der Waals surface area contributed by atoms with E-state index in [4.69, 9.17) is 0 Å². The van der Waals surface area contributed by atoms with Crippen molar-refractivity contribution in [3.05, 3.63) is 11.9 Å². The first-order valence-electron chi connectivity index (χ1n) is 8.33. The molecule has 0 saturated heterocycles. The molecule has 2 aliphatic carbocycles. The molecule has 0 amide bonds. The monoisotopic (exact) mass is 290 g/mol. The minimum atomic E-state index is -0.259. The summed E-state index contributed by atoms with van der Waals surface area (Å²) in [6, 6.07) is 2.10. The average molecular weight is 290 g/mol. The van der Waals surface area contributed by atoms with Crippen LogP contribution in [0.2, 0.25) is 0 Å². The van der Waals surface area contributed by atoms with Crippen molar-refractivity contribution in [1.29, 1.82) is 0 Å². The predicted octanol–water partition coefficient (Wildman–Crippen LogP) is 2.89. The average Bonchev–Trinajstić information content (AvgIpc) is 3.32. The lowest BCUT2D eigenvalue weighted by molar-refractivity contribution is 0.116. The third-order valence-electron chi connectivity index (χ3n) is 4.30. The maximum Gasteiger partial charge on any atom is 0.136 e. The molecule has 2 unspecified atom stereocenters. The molecule has 5 heteroatoms. The molecule has 2 atom stereocenters. The minimum absolute atomic E-state index is 0.125. The highest BCUT2D eigenvalue weighted by molar-refractivity contribution is 5.49. The van der Waals surface area contributed by atoms with E-state index >= 15 is 0 Å². The molecule has 0 radical (unpaired) electrons. The quantitative estimate of drug-likeness (QED) is 0.751. The SMILES string of the molecule is CCCNc1cc(NC2CCCCC2O)nc(C2CC2)n1. The lowest BCUT2D eigenvalue weighted by Gasteiger charge is -2.29. The molecule has 1 aromatic rings. The van der Waals surface area contributed by atoms with E-state index in [-0.39, 0.29) is 12.1 Å². The number of nitrogens with zero attached hydrogens (tertiary/aromatic N) is 2. The largest absolute Gasteiger partial charge is 0.391 e. The van der Waals surface area contributed by atoms with Crippen molar-refractivity contribution in [2.24, 2.45) is 0 Å². The zero-order chi connectivity index (χ0) is 14.7. The number of aromatic nitrogens is 2. The second kappa shape index (κ2) is 6.60.